The number of hydrogen-bond acceptors (Lipinski definition) is 3. The lowest BCUT2D eigenvalue weighted by Gasteiger charge is -2.05. The molecule has 0 aromatic carbocycles. The molecule has 0 amide bonds. The molecule has 0 aliphatic heterocycles. The van der Waals surface area contributed by atoms with E-state index in [0.29, 0.717) is 12.0 Å². The van der Waals surface area contributed by atoms with Gasteiger partial charge >= 0.3 is 13.8 Å². The highest BCUT2D eigenvalue weighted by molar-refractivity contribution is 7.46. The molecule has 0 saturated carbocycles. The topological polar surface area (TPSA) is 104 Å². The van der Waals surface area contributed by atoms with Crippen molar-refractivity contribution >= 4 is 13.8 Å². The lowest BCUT2D eigenvalue weighted by Crippen LogP contribution is -1.95. The van der Waals surface area contributed by atoms with Gasteiger partial charge < -0.3 is 14.9 Å². The maximum Gasteiger partial charge on any atom is 0.469 e. The van der Waals surface area contributed by atoms with Crippen LogP contribution in [0.15, 0.2) is 11.6 Å². The molecule has 0 radical (unpaired) electrons. The molecule has 7 heteroatoms. The Morgan fingerprint density at radius 1 is 1.00 bits per heavy atom. The van der Waals surface area contributed by atoms with Crippen LogP contribution in [-0.4, -0.2) is 27.5 Å². The van der Waals surface area contributed by atoms with E-state index in [1.165, 1.54) is 0 Å². The minimum Gasteiger partial charge on any atom is -0.478 e. The van der Waals surface area contributed by atoms with Gasteiger partial charge in [0.2, 0.25) is 0 Å². The van der Waals surface area contributed by atoms with E-state index in [0.717, 1.165) is 51.4 Å². The van der Waals surface area contributed by atoms with Crippen LogP contribution < -0.4 is 0 Å². The van der Waals surface area contributed by atoms with Crippen molar-refractivity contribution in [3.05, 3.63) is 11.6 Å². The van der Waals surface area contributed by atoms with Gasteiger partial charge in [0.25, 0.3) is 0 Å². The molecule has 124 valence electrons. The minimum atomic E-state index is -4.30. The van der Waals surface area contributed by atoms with Crippen molar-refractivity contribution in [2.75, 3.05) is 6.61 Å². The van der Waals surface area contributed by atoms with Gasteiger partial charge in [-0.15, -0.1) is 0 Å². The number of unbranched alkanes of at least 4 members (excludes halogenated alkanes) is 8. The fourth-order valence-electron chi connectivity index (χ4n) is 1.90. The Kier molecular flexibility index (Phi) is 11.5. The molecular formula is C14H27O6P. The molecule has 0 bridgehead atoms. The van der Waals surface area contributed by atoms with Crippen molar-refractivity contribution in [1.29, 1.82) is 0 Å². The maximum absolute atomic E-state index is 10.5. The van der Waals surface area contributed by atoms with Crippen molar-refractivity contribution < 1.29 is 28.8 Å². The predicted octanol–water partition coefficient (Wildman–Crippen LogP) is 3.64. The monoisotopic (exact) mass is 322 g/mol. The highest BCUT2D eigenvalue weighted by atomic mass is 31.2. The van der Waals surface area contributed by atoms with E-state index in [-0.39, 0.29) is 6.61 Å². The van der Waals surface area contributed by atoms with E-state index >= 15 is 0 Å². The Hall–Kier alpha value is -0.680. The fraction of sp³-hybridized carbons (Fsp3) is 0.786. The van der Waals surface area contributed by atoms with Crippen LogP contribution in [0.25, 0.3) is 0 Å². The molecule has 0 spiro atoms. The summed E-state index contributed by atoms with van der Waals surface area (Å²) in [5.74, 6) is -0.849. The van der Waals surface area contributed by atoms with E-state index < -0.39 is 13.8 Å². The van der Waals surface area contributed by atoms with Crippen LogP contribution in [0.4, 0.5) is 0 Å². The lowest BCUT2D eigenvalue weighted by molar-refractivity contribution is -0.132. The Morgan fingerprint density at radius 3 is 1.95 bits per heavy atom. The van der Waals surface area contributed by atoms with Crippen molar-refractivity contribution in [3.8, 4) is 0 Å². The van der Waals surface area contributed by atoms with E-state index in [1.54, 1.807) is 13.0 Å². The first-order chi connectivity index (χ1) is 9.83. The van der Waals surface area contributed by atoms with E-state index in [9.17, 15) is 9.36 Å². The molecule has 0 aromatic heterocycles. The Balaban J connectivity index is 3.25. The summed E-state index contributed by atoms with van der Waals surface area (Å²) in [4.78, 5) is 27.5. The summed E-state index contributed by atoms with van der Waals surface area (Å²) in [6.07, 6.45) is 10.7. The molecule has 21 heavy (non-hydrogen) atoms. The van der Waals surface area contributed by atoms with E-state index in [2.05, 4.69) is 4.52 Å². The minimum absolute atomic E-state index is 0.111. The number of carbonyl (C=O) groups is 1. The number of aliphatic carboxylic acids is 1. The zero-order chi connectivity index (χ0) is 16.1. The van der Waals surface area contributed by atoms with Gasteiger partial charge in [-0.25, -0.2) is 9.36 Å². The summed E-state index contributed by atoms with van der Waals surface area (Å²) >= 11 is 0. The van der Waals surface area contributed by atoms with Gasteiger partial charge in [0.1, 0.15) is 0 Å². The van der Waals surface area contributed by atoms with Gasteiger partial charge in [0.05, 0.1) is 6.61 Å². The highest BCUT2D eigenvalue weighted by Crippen LogP contribution is 2.35. The predicted molar refractivity (Wildman–Crippen MR) is 80.9 cm³/mol. The Morgan fingerprint density at radius 2 is 1.48 bits per heavy atom. The summed E-state index contributed by atoms with van der Waals surface area (Å²) in [5, 5.41) is 8.67. The fourth-order valence-corrected chi connectivity index (χ4v) is 2.26. The summed E-state index contributed by atoms with van der Waals surface area (Å²) < 4.78 is 14.8. The number of rotatable bonds is 13. The molecule has 0 atom stereocenters. The normalized spacial score (nSPS) is 12.6. The molecule has 0 heterocycles. The standard InChI is InChI=1S/C14H27O6P/c1-13(14(15)16)11-9-7-5-3-2-4-6-8-10-12-20-21(17,18)19/h11H,2-10,12H2,1H3,(H,15,16)(H2,17,18,19). The number of carboxylic acids is 1. The van der Waals surface area contributed by atoms with Gasteiger partial charge in [-0.3, -0.25) is 4.52 Å². The summed E-state index contributed by atoms with van der Waals surface area (Å²) in [6, 6.07) is 0. The molecule has 0 aromatic rings. The van der Waals surface area contributed by atoms with Crippen LogP contribution >= 0.6 is 7.82 Å². The number of hydrogen-bond donors (Lipinski definition) is 3. The first-order valence-electron chi connectivity index (χ1n) is 7.43. The van der Waals surface area contributed by atoms with Gasteiger partial charge in [-0.1, -0.05) is 44.6 Å². The molecule has 6 nitrogen and oxygen atoms in total. The number of allylic oxidation sites excluding steroid dienone is 1. The first-order valence-corrected chi connectivity index (χ1v) is 8.96. The second-order valence-electron chi connectivity index (χ2n) is 5.13. The van der Waals surface area contributed by atoms with Crippen LogP contribution in [0.2, 0.25) is 0 Å². The lowest BCUT2D eigenvalue weighted by atomic mass is 10.1. The molecule has 0 unspecified atom stereocenters. The molecule has 0 fully saturated rings. The average molecular weight is 322 g/mol. The highest BCUT2D eigenvalue weighted by Gasteiger charge is 2.12. The van der Waals surface area contributed by atoms with Gasteiger partial charge in [0, 0.05) is 5.57 Å². The summed E-state index contributed by atoms with van der Waals surface area (Å²) in [6.45, 7) is 1.72. The summed E-state index contributed by atoms with van der Waals surface area (Å²) in [7, 11) is -4.30. The van der Waals surface area contributed by atoms with Crippen molar-refractivity contribution in [2.24, 2.45) is 0 Å². The van der Waals surface area contributed by atoms with Crippen molar-refractivity contribution in [3.63, 3.8) is 0 Å². The van der Waals surface area contributed by atoms with Gasteiger partial charge in [-0.05, 0) is 26.2 Å². The van der Waals surface area contributed by atoms with Crippen LogP contribution in [0.1, 0.15) is 64.7 Å². The molecule has 3 N–H and O–H groups in total. The number of phosphoric acid groups is 1. The van der Waals surface area contributed by atoms with Crippen LogP contribution in [0, 0.1) is 0 Å². The second kappa shape index (κ2) is 11.9. The number of phosphoric ester groups is 1. The largest absolute Gasteiger partial charge is 0.478 e. The van der Waals surface area contributed by atoms with Crippen LogP contribution in [0.3, 0.4) is 0 Å². The molecule has 0 rings (SSSR count). The second-order valence-corrected chi connectivity index (χ2v) is 6.37. The number of carboxylic acid groups (broad SMARTS) is 1. The zero-order valence-corrected chi connectivity index (χ0v) is 13.6. The quantitative estimate of drug-likeness (QED) is 0.272. The Bertz CT molecular complexity index is 360. The van der Waals surface area contributed by atoms with Crippen LogP contribution in [-0.2, 0) is 13.9 Å². The molecule has 0 aliphatic carbocycles. The van der Waals surface area contributed by atoms with E-state index in [1.807, 2.05) is 0 Å². The first kappa shape index (κ1) is 20.3. The maximum atomic E-state index is 10.5. The zero-order valence-electron chi connectivity index (χ0n) is 12.7. The van der Waals surface area contributed by atoms with Crippen molar-refractivity contribution in [1.82, 2.24) is 0 Å². The summed E-state index contributed by atoms with van der Waals surface area (Å²) in [5.41, 5.74) is 0.410. The third kappa shape index (κ3) is 15.5. The average Bonchev–Trinajstić information content (AvgIpc) is 2.38. The van der Waals surface area contributed by atoms with Crippen LogP contribution in [0.5, 0.6) is 0 Å². The third-order valence-electron chi connectivity index (χ3n) is 3.15. The third-order valence-corrected chi connectivity index (χ3v) is 3.66. The van der Waals surface area contributed by atoms with Gasteiger partial charge in [0.15, 0.2) is 0 Å². The molecular weight excluding hydrogens is 295 g/mol. The molecule has 0 saturated heterocycles. The SMILES string of the molecule is CC(=CCCCCCCCCCCOP(=O)(O)O)C(=O)O. The van der Waals surface area contributed by atoms with Crippen molar-refractivity contribution in [2.45, 2.75) is 64.7 Å². The van der Waals surface area contributed by atoms with E-state index in [4.69, 9.17) is 14.9 Å². The van der Waals surface area contributed by atoms with Gasteiger partial charge in [-0.2, -0.15) is 0 Å². The smallest absolute Gasteiger partial charge is 0.469 e. The Labute approximate surface area is 126 Å². The molecule has 0 aliphatic rings.